The number of aliphatic hydroxyl groups excluding tert-OH is 1. The van der Waals surface area contributed by atoms with Crippen LogP contribution in [0.3, 0.4) is 0 Å². The zero-order valence-corrected chi connectivity index (χ0v) is 16.5. The summed E-state index contributed by atoms with van der Waals surface area (Å²) in [7, 11) is 0. The Morgan fingerprint density at radius 2 is 2.17 bits per heavy atom. The lowest BCUT2D eigenvalue weighted by Gasteiger charge is -2.30. The van der Waals surface area contributed by atoms with E-state index in [-0.39, 0.29) is 19.1 Å². The molecule has 3 aliphatic rings. The van der Waals surface area contributed by atoms with Crippen molar-refractivity contribution in [3.63, 3.8) is 0 Å². The molecule has 2 aliphatic heterocycles. The highest BCUT2D eigenvalue weighted by atomic mass is 16.5. The predicted molar refractivity (Wildman–Crippen MR) is 112 cm³/mol. The summed E-state index contributed by atoms with van der Waals surface area (Å²) >= 11 is 0. The number of nitrogens with one attached hydrogen (secondary N) is 1. The van der Waals surface area contributed by atoms with Crippen LogP contribution in [0.4, 0.5) is 0 Å². The van der Waals surface area contributed by atoms with Crippen molar-refractivity contribution in [1.82, 2.24) is 10.2 Å². The van der Waals surface area contributed by atoms with Gasteiger partial charge in [-0.05, 0) is 29.7 Å². The topological polar surface area (TPSA) is 104 Å². The first kappa shape index (κ1) is 20.2. The van der Waals surface area contributed by atoms with Crippen LogP contribution < -0.4 is 5.32 Å². The summed E-state index contributed by atoms with van der Waals surface area (Å²) in [6, 6.07) is 7.85. The van der Waals surface area contributed by atoms with Crippen molar-refractivity contribution in [2.45, 2.75) is 25.1 Å². The molecule has 0 aromatic heterocycles. The van der Waals surface area contributed by atoms with Crippen LogP contribution in [0.5, 0.6) is 0 Å². The van der Waals surface area contributed by atoms with Crippen LogP contribution in [0.15, 0.2) is 58.2 Å². The van der Waals surface area contributed by atoms with Gasteiger partial charge in [-0.2, -0.15) is 0 Å². The highest BCUT2D eigenvalue weighted by Crippen LogP contribution is 2.19. The molecule has 2 amide bonds. The molecule has 30 heavy (non-hydrogen) atoms. The molecule has 0 saturated heterocycles. The van der Waals surface area contributed by atoms with Crippen LogP contribution in [0.1, 0.15) is 11.1 Å². The fraction of sp³-hybridized carbons (Fsp3) is 0.364. The maximum atomic E-state index is 12.1. The summed E-state index contributed by atoms with van der Waals surface area (Å²) in [5.74, 6) is -0.276. The number of rotatable bonds is 7. The van der Waals surface area contributed by atoms with Gasteiger partial charge in [-0.25, -0.2) is 4.99 Å². The number of aliphatic hydroxyl groups is 1. The largest absolute Gasteiger partial charge is 0.485 e. The van der Waals surface area contributed by atoms with Crippen molar-refractivity contribution >= 4 is 23.7 Å². The summed E-state index contributed by atoms with van der Waals surface area (Å²) in [4.78, 5) is 33.7. The van der Waals surface area contributed by atoms with E-state index < -0.39 is 18.1 Å². The summed E-state index contributed by atoms with van der Waals surface area (Å²) in [5.41, 5.74) is 3.15. The second-order valence-electron chi connectivity index (χ2n) is 7.48. The van der Waals surface area contributed by atoms with Crippen molar-refractivity contribution in [2.24, 2.45) is 9.98 Å². The Morgan fingerprint density at radius 3 is 3.03 bits per heavy atom. The summed E-state index contributed by atoms with van der Waals surface area (Å²) in [6.07, 6.45) is 6.56. The molecule has 2 heterocycles. The Morgan fingerprint density at radius 1 is 1.33 bits per heavy atom. The Kier molecular flexibility index (Phi) is 6.15. The van der Waals surface area contributed by atoms with Crippen LogP contribution in [0, 0.1) is 0 Å². The third kappa shape index (κ3) is 4.90. The minimum absolute atomic E-state index is 0.155. The molecule has 0 radical (unpaired) electrons. The van der Waals surface area contributed by atoms with Gasteiger partial charge in [-0.1, -0.05) is 30.3 Å². The lowest BCUT2D eigenvalue weighted by atomic mass is 10.00. The first-order valence-electron chi connectivity index (χ1n) is 9.99. The third-order valence-electron chi connectivity index (χ3n) is 5.23. The number of benzene rings is 1. The zero-order valence-electron chi connectivity index (χ0n) is 16.5. The Bertz CT molecular complexity index is 950. The van der Waals surface area contributed by atoms with E-state index in [4.69, 9.17) is 4.74 Å². The lowest BCUT2D eigenvalue weighted by molar-refractivity contribution is -0.125. The summed E-state index contributed by atoms with van der Waals surface area (Å²) in [5, 5.41) is 13.0. The number of ether oxygens (including phenoxy) is 1. The highest BCUT2D eigenvalue weighted by molar-refractivity contribution is 6.32. The molecule has 0 bridgehead atoms. The van der Waals surface area contributed by atoms with Gasteiger partial charge < -0.3 is 15.2 Å². The van der Waals surface area contributed by atoms with Gasteiger partial charge in [0.15, 0.2) is 6.61 Å². The molecule has 1 aliphatic carbocycles. The number of hydrogen-bond acceptors (Lipinski definition) is 6. The van der Waals surface area contributed by atoms with Gasteiger partial charge in [0.2, 0.25) is 0 Å². The number of hydrogen-bond donors (Lipinski definition) is 2. The molecule has 156 valence electrons. The van der Waals surface area contributed by atoms with E-state index in [1.807, 2.05) is 12.1 Å². The molecule has 0 spiro atoms. The number of nitrogens with zero attached hydrogens (tertiary/aromatic N) is 3. The lowest BCUT2D eigenvalue weighted by Crippen LogP contribution is -2.42. The predicted octanol–water partition coefficient (Wildman–Crippen LogP) is 0.413. The van der Waals surface area contributed by atoms with Gasteiger partial charge in [0.05, 0.1) is 18.0 Å². The average Bonchev–Trinajstić information content (AvgIpc) is 2.76. The van der Waals surface area contributed by atoms with Crippen LogP contribution in [-0.2, 0) is 27.3 Å². The number of amides is 2. The number of carbonyl (C=O) groups excluding carboxylic acids is 2. The van der Waals surface area contributed by atoms with Gasteiger partial charge in [-0.15, -0.1) is 0 Å². The van der Waals surface area contributed by atoms with E-state index in [1.54, 1.807) is 18.2 Å². The highest BCUT2D eigenvalue weighted by Gasteiger charge is 2.26. The molecular weight excluding hydrogens is 384 g/mol. The van der Waals surface area contributed by atoms with Crippen LogP contribution in [-0.4, -0.2) is 72.1 Å². The molecule has 1 aromatic carbocycles. The molecule has 1 aromatic rings. The molecule has 2 atom stereocenters. The number of aliphatic imine (C=N–C) groups is 2. The zero-order chi connectivity index (χ0) is 20.9. The van der Waals surface area contributed by atoms with Crippen molar-refractivity contribution in [2.75, 3.05) is 26.2 Å². The van der Waals surface area contributed by atoms with Gasteiger partial charge in [0.25, 0.3) is 11.8 Å². The van der Waals surface area contributed by atoms with Crippen molar-refractivity contribution < 1.29 is 19.4 Å². The molecule has 4 rings (SSSR count). The number of allylic oxidation sites excluding steroid dienone is 2. The molecule has 2 unspecified atom stereocenters. The molecule has 8 nitrogen and oxygen atoms in total. The summed E-state index contributed by atoms with van der Waals surface area (Å²) in [6.45, 7) is 2.15. The normalized spacial score (nSPS) is 21.2. The van der Waals surface area contributed by atoms with Crippen LogP contribution >= 0.6 is 0 Å². The van der Waals surface area contributed by atoms with Gasteiger partial charge in [0, 0.05) is 26.2 Å². The van der Waals surface area contributed by atoms with E-state index >= 15 is 0 Å². The minimum atomic E-state index is -0.663. The fourth-order valence-electron chi connectivity index (χ4n) is 3.74. The third-order valence-corrected chi connectivity index (χ3v) is 5.23. The van der Waals surface area contributed by atoms with Crippen molar-refractivity contribution in [3.8, 4) is 0 Å². The Balaban J connectivity index is 1.19. The van der Waals surface area contributed by atoms with Crippen molar-refractivity contribution in [1.29, 1.82) is 0 Å². The first-order chi connectivity index (χ1) is 14.6. The smallest absolute Gasteiger partial charge is 0.288 e. The monoisotopic (exact) mass is 408 g/mol. The van der Waals surface area contributed by atoms with E-state index in [1.165, 1.54) is 11.1 Å². The van der Waals surface area contributed by atoms with Crippen LogP contribution in [0.2, 0.25) is 0 Å². The number of carbonyl (C=O) groups is 2. The quantitative estimate of drug-likeness (QED) is 0.680. The van der Waals surface area contributed by atoms with Gasteiger partial charge in [0.1, 0.15) is 11.8 Å². The van der Waals surface area contributed by atoms with E-state index in [0.717, 1.165) is 25.7 Å². The Hall–Kier alpha value is -3.10. The molecule has 2 N–H and O–H groups in total. The maximum absolute atomic E-state index is 12.1. The fourth-order valence-corrected chi connectivity index (χ4v) is 3.74. The standard InChI is InChI=1S/C22H24N4O4/c27-17(13-26-9-8-15-4-1-2-5-16(15)12-26)10-23-21(29)14-30-19-7-3-6-18-22(19)24-11-20(28)25-18/h1-7,11,17,22,27H,8-10,12-14H2,(H,23,29). The van der Waals surface area contributed by atoms with E-state index in [9.17, 15) is 14.7 Å². The minimum Gasteiger partial charge on any atom is -0.485 e. The Labute approximate surface area is 174 Å². The molecular formula is C22H24N4O4. The maximum Gasteiger partial charge on any atom is 0.288 e. The first-order valence-corrected chi connectivity index (χ1v) is 9.99. The number of β-amino-alcohol motifs (C(OH)–C–C–N with tert-alkyl or cyclic N) is 1. The molecule has 0 fully saturated rings. The second-order valence-corrected chi connectivity index (χ2v) is 7.48. The van der Waals surface area contributed by atoms with Gasteiger partial charge >= 0.3 is 0 Å². The van der Waals surface area contributed by atoms with Crippen LogP contribution in [0.25, 0.3) is 0 Å². The number of fused-ring (bicyclic) bond motifs is 2. The molecule has 8 heteroatoms. The van der Waals surface area contributed by atoms with Crippen molar-refractivity contribution in [3.05, 3.63) is 59.4 Å². The van der Waals surface area contributed by atoms with E-state index in [2.05, 4.69) is 32.3 Å². The molecule has 0 saturated carbocycles. The van der Waals surface area contributed by atoms with E-state index in [0.29, 0.717) is 18.0 Å². The van der Waals surface area contributed by atoms with Gasteiger partial charge in [-0.3, -0.25) is 19.5 Å². The SMILES string of the molecule is O=C1C=NC2C(OCC(=O)NCC(O)CN3CCc4ccccc4C3)=CC=CC2=N1. The second kappa shape index (κ2) is 9.15. The average molecular weight is 408 g/mol. The summed E-state index contributed by atoms with van der Waals surface area (Å²) < 4.78 is 5.57.